The van der Waals surface area contributed by atoms with Crippen LogP contribution in [0, 0.1) is 29.8 Å². The standard InChI is InChI=1S/C14H15FN2O3S/c1-8-4-10(21-9(8)2)7-16-12-6-14(20-3)13(17(18)19)5-11(12)15/h4-6,16H,7H2,1-3H3. The minimum absolute atomic E-state index is 0.0300. The smallest absolute Gasteiger partial charge is 0.313 e. The first kappa shape index (κ1) is 15.2. The van der Waals surface area contributed by atoms with Crippen molar-refractivity contribution in [1.82, 2.24) is 0 Å². The van der Waals surface area contributed by atoms with Crippen molar-refractivity contribution in [2.75, 3.05) is 12.4 Å². The molecule has 0 saturated heterocycles. The number of hydrogen-bond acceptors (Lipinski definition) is 5. The van der Waals surface area contributed by atoms with E-state index in [4.69, 9.17) is 4.74 Å². The van der Waals surface area contributed by atoms with Gasteiger partial charge >= 0.3 is 5.69 Å². The highest BCUT2D eigenvalue weighted by Crippen LogP contribution is 2.32. The molecule has 0 aliphatic carbocycles. The molecule has 0 radical (unpaired) electrons. The zero-order valence-electron chi connectivity index (χ0n) is 11.9. The van der Waals surface area contributed by atoms with Crippen LogP contribution in [0.3, 0.4) is 0 Å². The van der Waals surface area contributed by atoms with E-state index in [1.165, 1.54) is 23.6 Å². The molecule has 5 nitrogen and oxygen atoms in total. The number of thiophene rings is 1. The third-order valence-corrected chi connectivity index (χ3v) is 4.29. The molecule has 0 saturated carbocycles. The Kier molecular flexibility index (Phi) is 4.42. The zero-order valence-corrected chi connectivity index (χ0v) is 12.7. The van der Waals surface area contributed by atoms with Crippen LogP contribution in [-0.4, -0.2) is 12.0 Å². The van der Waals surface area contributed by atoms with Gasteiger partial charge in [-0.15, -0.1) is 11.3 Å². The van der Waals surface area contributed by atoms with Crippen molar-refractivity contribution < 1.29 is 14.1 Å². The van der Waals surface area contributed by atoms with E-state index in [9.17, 15) is 14.5 Å². The van der Waals surface area contributed by atoms with Gasteiger partial charge in [-0.3, -0.25) is 10.1 Å². The van der Waals surface area contributed by atoms with Crippen LogP contribution in [0.4, 0.5) is 15.8 Å². The van der Waals surface area contributed by atoms with E-state index >= 15 is 0 Å². The topological polar surface area (TPSA) is 64.4 Å². The number of ether oxygens (including phenoxy) is 1. The number of hydrogen-bond donors (Lipinski definition) is 1. The van der Waals surface area contributed by atoms with Crippen molar-refractivity contribution >= 4 is 22.7 Å². The average Bonchev–Trinajstić information content (AvgIpc) is 2.76. The van der Waals surface area contributed by atoms with Gasteiger partial charge in [0.15, 0.2) is 11.6 Å². The maximum absolute atomic E-state index is 13.9. The minimum atomic E-state index is -0.674. The predicted molar refractivity (Wildman–Crippen MR) is 80.7 cm³/mol. The number of nitro benzene ring substituents is 1. The highest BCUT2D eigenvalue weighted by Gasteiger charge is 2.19. The molecule has 0 amide bonds. The molecule has 0 unspecified atom stereocenters. The van der Waals surface area contributed by atoms with Gasteiger partial charge in [0.1, 0.15) is 0 Å². The quantitative estimate of drug-likeness (QED) is 0.669. The number of nitro groups is 1. The Morgan fingerprint density at radius 1 is 1.38 bits per heavy atom. The Balaban J connectivity index is 2.22. The molecule has 0 bridgehead atoms. The molecule has 1 N–H and O–H groups in total. The Hall–Kier alpha value is -2.15. The second kappa shape index (κ2) is 6.09. The van der Waals surface area contributed by atoms with Gasteiger partial charge in [0.25, 0.3) is 0 Å². The number of aryl methyl sites for hydroxylation is 2. The lowest BCUT2D eigenvalue weighted by Crippen LogP contribution is -2.02. The molecule has 7 heteroatoms. The maximum Gasteiger partial charge on any atom is 0.313 e. The number of nitrogens with one attached hydrogen (secondary N) is 1. The minimum Gasteiger partial charge on any atom is -0.490 e. The SMILES string of the molecule is COc1cc(NCc2cc(C)c(C)s2)c(F)cc1[N+](=O)[O-]. The summed E-state index contributed by atoms with van der Waals surface area (Å²) >= 11 is 1.63. The zero-order chi connectivity index (χ0) is 15.6. The van der Waals surface area contributed by atoms with Crippen LogP contribution in [0.15, 0.2) is 18.2 Å². The summed E-state index contributed by atoms with van der Waals surface area (Å²) in [5, 5.41) is 13.7. The van der Waals surface area contributed by atoms with E-state index in [0.717, 1.165) is 10.9 Å². The van der Waals surface area contributed by atoms with E-state index in [-0.39, 0.29) is 17.1 Å². The van der Waals surface area contributed by atoms with E-state index < -0.39 is 10.7 Å². The first-order valence-electron chi connectivity index (χ1n) is 6.24. The Labute approximate surface area is 125 Å². The Morgan fingerprint density at radius 2 is 2.10 bits per heavy atom. The highest BCUT2D eigenvalue weighted by molar-refractivity contribution is 7.12. The summed E-state index contributed by atoms with van der Waals surface area (Å²) in [6.45, 7) is 4.50. The molecule has 0 aliphatic heterocycles. The number of benzene rings is 1. The van der Waals surface area contributed by atoms with Gasteiger partial charge in [-0.1, -0.05) is 0 Å². The van der Waals surface area contributed by atoms with Gasteiger partial charge in [-0.25, -0.2) is 4.39 Å². The molecule has 1 heterocycles. The normalized spacial score (nSPS) is 10.5. The molecular formula is C14H15FN2O3S. The molecule has 0 atom stereocenters. The van der Waals surface area contributed by atoms with Crippen molar-refractivity contribution in [2.24, 2.45) is 0 Å². The van der Waals surface area contributed by atoms with Gasteiger partial charge in [0.2, 0.25) is 0 Å². The molecule has 1 aromatic heterocycles. The molecule has 2 aromatic rings. The number of anilines is 1. The summed E-state index contributed by atoms with van der Waals surface area (Å²) in [5.74, 6) is -0.644. The Morgan fingerprint density at radius 3 is 2.62 bits per heavy atom. The van der Waals surface area contributed by atoms with E-state index in [2.05, 4.69) is 5.32 Å². The lowest BCUT2D eigenvalue weighted by molar-refractivity contribution is -0.385. The molecule has 2 rings (SSSR count). The van der Waals surface area contributed by atoms with Crippen LogP contribution < -0.4 is 10.1 Å². The maximum atomic E-state index is 13.9. The van der Waals surface area contributed by atoms with Gasteiger partial charge in [0, 0.05) is 22.4 Å². The monoisotopic (exact) mass is 310 g/mol. The van der Waals surface area contributed by atoms with Crippen LogP contribution in [0.25, 0.3) is 0 Å². The van der Waals surface area contributed by atoms with Gasteiger partial charge in [0.05, 0.1) is 23.8 Å². The molecule has 1 aromatic carbocycles. The highest BCUT2D eigenvalue weighted by atomic mass is 32.1. The Bertz CT molecular complexity index is 666. The van der Waals surface area contributed by atoms with Crippen molar-refractivity contribution in [1.29, 1.82) is 0 Å². The summed E-state index contributed by atoms with van der Waals surface area (Å²) in [6.07, 6.45) is 0. The second-order valence-corrected chi connectivity index (χ2v) is 5.91. The third kappa shape index (κ3) is 3.30. The number of nitrogens with zero attached hydrogens (tertiary/aromatic N) is 1. The summed E-state index contributed by atoms with van der Waals surface area (Å²) < 4.78 is 18.8. The second-order valence-electron chi connectivity index (χ2n) is 4.57. The molecular weight excluding hydrogens is 295 g/mol. The first-order valence-corrected chi connectivity index (χ1v) is 7.05. The van der Waals surface area contributed by atoms with Crippen molar-refractivity contribution in [3.05, 3.63) is 49.4 Å². The molecule has 21 heavy (non-hydrogen) atoms. The van der Waals surface area contributed by atoms with Gasteiger partial charge in [-0.05, 0) is 25.5 Å². The molecule has 0 aliphatic rings. The van der Waals surface area contributed by atoms with Crippen LogP contribution in [0.2, 0.25) is 0 Å². The van der Waals surface area contributed by atoms with Crippen LogP contribution in [-0.2, 0) is 6.54 Å². The lowest BCUT2D eigenvalue weighted by Gasteiger charge is -2.09. The number of methoxy groups -OCH3 is 1. The fraction of sp³-hybridized carbons (Fsp3) is 0.286. The van der Waals surface area contributed by atoms with Crippen molar-refractivity contribution in [3.63, 3.8) is 0 Å². The van der Waals surface area contributed by atoms with E-state index in [1.807, 2.05) is 19.9 Å². The number of rotatable bonds is 5. The van der Waals surface area contributed by atoms with Crippen LogP contribution in [0.5, 0.6) is 5.75 Å². The number of halogens is 1. The molecule has 0 spiro atoms. The first-order chi connectivity index (χ1) is 9.92. The van der Waals surface area contributed by atoms with Crippen molar-refractivity contribution in [2.45, 2.75) is 20.4 Å². The van der Waals surface area contributed by atoms with E-state index in [0.29, 0.717) is 6.54 Å². The largest absolute Gasteiger partial charge is 0.490 e. The summed E-state index contributed by atoms with van der Waals surface area (Å²) in [6, 6.07) is 4.21. The summed E-state index contributed by atoms with van der Waals surface area (Å²) in [4.78, 5) is 12.4. The third-order valence-electron chi connectivity index (χ3n) is 3.14. The van der Waals surface area contributed by atoms with Crippen LogP contribution >= 0.6 is 11.3 Å². The molecule has 0 fully saturated rings. The fourth-order valence-corrected chi connectivity index (χ4v) is 2.90. The van der Waals surface area contributed by atoms with Gasteiger partial charge in [-0.2, -0.15) is 0 Å². The summed E-state index contributed by atoms with van der Waals surface area (Å²) in [7, 11) is 1.32. The van der Waals surface area contributed by atoms with Gasteiger partial charge < -0.3 is 10.1 Å². The van der Waals surface area contributed by atoms with Crippen molar-refractivity contribution in [3.8, 4) is 5.75 Å². The average molecular weight is 310 g/mol. The molecule has 112 valence electrons. The lowest BCUT2D eigenvalue weighted by atomic mass is 10.2. The predicted octanol–water partition coefficient (Wildman–Crippen LogP) is 4.03. The fourth-order valence-electron chi connectivity index (χ4n) is 1.90. The van der Waals surface area contributed by atoms with E-state index in [1.54, 1.807) is 11.3 Å². The van der Waals surface area contributed by atoms with Crippen LogP contribution in [0.1, 0.15) is 15.3 Å². The summed E-state index contributed by atoms with van der Waals surface area (Å²) in [5.41, 5.74) is 0.989.